The fourth-order valence-corrected chi connectivity index (χ4v) is 3.76. The van der Waals surface area contributed by atoms with E-state index in [-0.39, 0.29) is 11.4 Å². The van der Waals surface area contributed by atoms with Crippen molar-refractivity contribution >= 4 is 16.8 Å². The molecule has 1 saturated carbocycles. The molecule has 1 fully saturated rings. The van der Waals surface area contributed by atoms with E-state index in [4.69, 9.17) is 5.73 Å². The van der Waals surface area contributed by atoms with Gasteiger partial charge in [-0.25, -0.2) is 4.68 Å². The molecule has 3 N–H and O–H groups in total. The van der Waals surface area contributed by atoms with Crippen molar-refractivity contribution in [3.63, 3.8) is 0 Å². The monoisotopic (exact) mass is 350 g/mol. The first-order valence-electron chi connectivity index (χ1n) is 8.93. The predicted molar refractivity (Wildman–Crippen MR) is 99.1 cm³/mol. The molecule has 0 bridgehead atoms. The minimum absolute atomic E-state index is 0.214. The first-order chi connectivity index (χ1) is 12.6. The molecule has 7 heteroatoms. The second-order valence-corrected chi connectivity index (χ2v) is 6.93. The molecule has 7 nitrogen and oxygen atoms in total. The Labute approximate surface area is 151 Å². The molecule has 2 heterocycles. The molecule has 0 atom stereocenters. The SMILES string of the molecule is Cc1c(C(=O)NC2(CN)CCCC2)nnn1-c1cccc2cccnc12. The van der Waals surface area contributed by atoms with Gasteiger partial charge in [-0.2, -0.15) is 0 Å². The van der Waals surface area contributed by atoms with E-state index in [1.165, 1.54) is 0 Å². The first-order valence-corrected chi connectivity index (χ1v) is 8.93. The lowest BCUT2D eigenvalue weighted by Crippen LogP contribution is -2.51. The van der Waals surface area contributed by atoms with Gasteiger partial charge in [0.1, 0.15) is 0 Å². The second-order valence-electron chi connectivity index (χ2n) is 6.93. The van der Waals surface area contributed by atoms with E-state index >= 15 is 0 Å². The van der Waals surface area contributed by atoms with Gasteiger partial charge in [0, 0.05) is 18.1 Å². The van der Waals surface area contributed by atoms with Crippen LogP contribution < -0.4 is 11.1 Å². The maximum absolute atomic E-state index is 12.8. The Kier molecular flexibility index (Phi) is 4.16. The number of nitrogens with zero attached hydrogens (tertiary/aromatic N) is 4. The number of pyridine rings is 1. The number of para-hydroxylation sites is 1. The summed E-state index contributed by atoms with van der Waals surface area (Å²) in [7, 11) is 0. The van der Waals surface area contributed by atoms with Gasteiger partial charge in [-0.05, 0) is 31.9 Å². The number of nitrogens with one attached hydrogen (secondary N) is 1. The van der Waals surface area contributed by atoms with Crippen LogP contribution >= 0.6 is 0 Å². The van der Waals surface area contributed by atoms with Crippen LogP contribution in [0.3, 0.4) is 0 Å². The number of amides is 1. The summed E-state index contributed by atoms with van der Waals surface area (Å²) in [4.78, 5) is 17.3. The fraction of sp³-hybridized carbons (Fsp3) is 0.368. The van der Waals surface area contributed by atoms with Crippen molar-refractivity contribution in [3.05, 3.63) is 47.9 Å². The Balaban J connectivity index is 1.69. The Morgan fingerprint density at radius 2 is 2.04 bits per heavy atom. The summed E-state index contributed by atoms with van der Waals surface area (Å²) in [5, 5.41) is 12.5. The van der Waals surface area contributed by atoms with Crippen LogP contribution in [-0.4, -0.2) is 38.0 Å². The highest BCUT2D eigenvalue weighted by molar-refractivity contribution is 5.94. The molecule has 1 aliphatic rings. The summed E-state index contributed by atoms with van der Waals surface area (Å²) < 4.78 is 1.67. The standard InChI is InChI=1S/C19H22N6O/c1-13-16(18(26)22-19(12-20)9-2-3-10-19)23-24-25(13)15-8-4-6-14-7-5-11-21-17(14)15/h4-8,11H,2-3,9-10,12,20H2,1H3,(H,22,26). The normalized spacial score (nSPS) is 16.1. The van der Waals surface area contributed by atoms with E-state index in [0.717, 1.165) is 42.3 Å². The fourth-order valence-electron chi connectivity index (χ4n) is 3.76. The summed E-state index contributed by atoms with van der Waals surface area (Å²) in [6.45, 7) is 2.29. The van der Waals surface area contributed by atoms with Gasteiger partial charge in [0.25, 0.3) is 5.91 Å². The number of fused-ring (bicyclic) bond motifs is 1. The van der Waals surface area contributed by atoms with E-state index in [1.54, 1.807) is 10.9 Å². The predicted octanol–water partition coefficient (Wildman–Crippen LogP) is 2.13. The van der Waals surface area contributed by atoms with E-state index in [0.29, 0.717) is 17.9 Å². The van der Waals surface area contributed by atoms with Crippen LogP contribution in [0.5, 0.6) is 0 Å². The minimum atomic E-state index is -0.311. The summed E-state index contributed by atoms with van der Waals surface area (Å²) >= 11 is 0. The topological polar surface area (TPSA) is 98.7 Å². The largest absolute Gasteiger partial charge is 0.344 e. The average Bonchev–Trinajstić information content (AvgIpc) is 3.28. The number of benzene rings is 1. The van der Waals surface area contributed by atoms with Crippen molar-refractivity contribution in [2.45, 2.75) is 38.1 Å². The first kappa shape index (κ1) is 16.7. The van der Waals surface area contributed by atoms with Crippen molar-refractivity contribution in [2.75, 3.05) is 6.54 Å². The van der Waals surface area contributed by atoms with Crippen molar-refractivity contribution in [2.24, 2.45) is 5.73 Å². The Morgan fingerprint density at radius 3 is 2.81 bits per heavy atom. The van der Waals surface area contributed by atoms with Gasteiger partial charge in [0.05, 0.1) is 22.4 Å². The molecule has 26 heavy (non-hydrogen) atoms. The molecule has 134 valence electrons. The summed E-state index contributed by atoms with van der Waals surface area (Å²) in [5.74, 6) is -0.214. The molecule has 0 unspecified atom stereocenters. The van der Waals surface area contributed by atoms with Crippen molar-refractivity contribution in [1.29, 1.82) is 0 Å². The zero-order valence-electron chi connectivity index (χ0n) is 14.8. The lowest BCUT2D eigenvalue weighted by molar-refractivity contribution is 0.0897. The highest BCUT2D eigenvalue weighted by Gasteiger charge is 2.35. The zero-order valence-corrected chi connectivity index (χ0v) is 14.8. The second kappa shape index (κ2) is 6.49. The third-order valence-corrected chi connectivity index (χ3v) is 5.28. The van der Waals surface area contributed by atoms with Crippen LogP contribution in [-0.2, 0) is 0 Å². The molecule has 3 aromatic rings. The van der Waals surface area contributed by atoms with Gasteiger partial charge >= 0.3 is 0 Å². The van der Waals surface area contributed by atoms with Crippen molar-refractivity contribution in [3.8, 4) is 5.69 Å². The van der Waals surface area contributed by atoms with Crippen LogP contribution in [0.1, 0.15) is 41.9 Å². The van der Waals surface area contributed by atoms with Crippen LogP contribution in [0.2, 0.25) is 0 Å². The summed E-state index contributed by atoms with van der Waals surface area (Å²) in [6.07, 6.45) is 5.75. The molecular weight excluding hydrogens is 328 g/mol. The molecule has 0 saturated heterocycles. The summed E-state index contributed by atoms with van der Waals surface area (Å²) in [6, 6.07) is 9.76. The lowest BCUT2D eigenvalue weighted by atomic mass is 9.97. The molecule has 1 aliphatic carbocycles. The number of carbonyl (C=O) groups excluding carboxylic acids is 1. The number of rotatable bonds is 4. The average molecular weight is 350 g/mol. The highest BCUT2D eigenvalue weighted by atomic mass is 16.2. The molecule has 4 rings (SSSR count). The van der Waals surface area contributed by atoms with Crippen molar-refractivity contribution in [1.82, 2.24) is 25.3 Å². The Bertz CT molecular complexity index is 952. The maximum atomic E-state index is 12.8. The number of nitrogens with two attached hydrogens (primary N) is 1. The van der Waals surface area contributed by atoms with Gasteiger partial charge < -0.3 is 11.1 Å². The van der Waals surface area contributed by atoms with Gasteiger partial charge in [0.15, 0.2) is 5.69 Å². The molecule has 2 aromatic heterocycles. The quantitative estimate of drug-likeness (QED) is 0.751. The zero-order chi connectivity index (χ0) is 18.1. The summed E-state index contributed by atoms with van der Waals surface area (Å²) in [5.41, 5.74) is 8.26. The van der Waals surface area contributed by atoms with Crippen LogP contribution in [0.25, 0.3) is 16.6 Å². The van der Waals surface area contributed by atoms with E-state index in [1.807, 2.05) is 37.3 Å². The molecule has 1 aromatic carbocycles. The third-order valence-electron chi connectivity index (χ3n) is 5.28. The van der Waals surface area contributed by atoms with Crippen LogP contribution in [0.4, 0.5) is 0 Å². The smallest absolute Gasteiger partial charge is 0.274 e. The number of hydrogen-bond donors (Lipinski definition) is 2. The highest BCUT2D eigenvalue weighted by Crippen LogP contribution is 2.29. The molecule has 0 spiro atoms. The van der Waals surface area contributed by atoms with E-state index in [2.05, 4.69) is 20.6 Å². The lowest BCUT2D eigenvalue weighted by Gasteiger charge is -2.28. The van der Waals surface area contributed by atoms with Gasteiger partial charge in [-0.3, -0.25) is 9.78 Å². The molecular formula is C19H22N6O. The molecule has 1 amide bonds. The Morgan fingerprint density at radius 1 is 1.27 bits per heavy atom. The van der Waals surface area contributed by atoms with Crippen molar-refractivity contribution < 1.29 is 4.79 Å². The maximum Gasteiger partial charge on any atom is 0.274 e. The van der Waals surface area contributed by atoms with Crippen LogP contribution in [0.15, 0.2) is 36.5 Å². The minimum Gasteiger partial charge on any atom is -0.344 e. The van der Waals surface area contributed by atoms with Gasteiger partial charge in [-0.1, -0.05) is 36.3 Å². The number of aromatic nitrogens is 4. The third kappa shape index (κ3) is 2.74. The van der Waals surface area contributed by atoms with E-state index in [9.17, 15) is 4.79 Å². The number of carbonyl (C=O) groups is 1. The van der Waals surface area contributed by atoms with Gasteiger partial charge in [0.2, 0.25) is 0 Å². The molecule has 0 aliphatic heterocycles. The molecule has 0 radical (unpaired) electrons. The van der Waals surface area contributed by atoms with Crippen LogP contribution in [0, 0.1) is 6.92 Å². The van der Waals surface area contributed by atoms with Gasteiger partial charge in [-0.15, -0.1) is 5.10 Å². The number of hydrogen-bond acceptors (Lipinski definition) is 5. The van der Waals surface area contributed by atoms with E-state index < -0.39 is 0 Å². The Hall–Kier alpha value is -2.80.